The first-order valence-corrected chi connectivity index (χ1v) is 7.90. The highest BCUT2D eigenvalue weighted by atomic mass is 32.2. The summed E-state index contributed by atoms with van der Waals surface area (Å²) in [7, 11) is 1.98. The fraction of sp³-hybridized carbons (Fsp3) is 0.750. The summed E-state index contributed by atoms with van der Waals surface area (Å²) in [4.78, 5) is 7.17. The van der Waals surface area contributed by atoms with Crippen molar-refractivity contribution in [3.8, 4) is 0 Å². The summed E-state index contributed by atoms with van der Waals surface area (Å²) >= 11 is 3.83. The van der Waals surface area contributed by atoms with Crippen molar-refractivity contribution in [1.82, 2.24) is 10.3 Å². The van der Waals surface area contributed by atoms with E-state index < -0.39 is 0 Å². The Kier molecular flexibility index (Phi) is 4.00. The zero-order valence-corrected chi connectivity index (χ0v) is 12.6. The van der Waals surface area contributed by atoms with Gasteiger partial charge in [0.15, 0.2) is 5.13 Å². The van der Waals surface area contributed by atoms with Crippen LogP contribution in [0.15, 0.2) is 5.38 Å². The molecule has 2 heterocycles. The average molecular weight is 271 g/mol. The van der Waals surface area contributed by atoms with E-state index in [0.717, 1.165) is 18.8 Å². The number of thioether (sulfide) groups is 1. The number of thiazole rings is 1. The monoisotopic (exact) mass is 271 g/mol. The molecule has 1 unspecified atom stereocenters. The Morgan fingerprint density at radius 2 is 2.29 bits per heavy atom. The largest absolute Gasteiger partial charge is 0.346 e. The standard InChI is InChI=1S/C12H21N3S2/c1-9(13-4)10-7-16-11(14-10)15-5-6-17-12(2,3)8-15/h7,9,13H,5-6,8H2,1-4H3. The van der Waals surface area contributed by atoms with Gasteiger partial charge in [0, 0.05) is 35.0 Å². The highest BCUT2D eigenvalue weighted by Gasteiger charge is 2.28. The molecule has 0 spiro atoms. The predicted octanol–water partition coefficient (Wildman–Crippen LogP) is 2.76. The molecular weight excluding hydrogens is 250 g/mol. The Labute approximate surface area is 112 Å². The lowest BCUT2D eigenvalue weighted by Gasteiger charge is -2.37. The van der Waals surface area contributed by atoms with Gasteiger partial charge in [-0.1, -0.05) is 0 Å². The summed E-state index contributed by atoms with van der Waals surface area (Å²) in [6, 6.07) is 0.340. The normalized spacial score (nSPS) is 21.5. The lowest BCUT2D eigenvalue weighted by Crippen LogP contribution is -2.43. The minimum Gasteiger partial charge on any atom is -0.346 e. The third-order valence-electron chi connectivity index (χ3n) is 3.08. The maximum atomic E-state index is 4.74. The molecule has 0 saturated carbocycles. The van der Waals surface area contributed by atoms with Crippen LogP contribution < -0.4 is 10.2 Å². The minimum absolute atomic E-state index is 0.340. The number of hydrogen-bond donors (Lipinski definition) is 1. The van der Waals surface area contributed by atoms with Crippen LogP contribution >= 0.6 is 23.1 Å². The second-order valence-corrected chi connectivity index (χ2v) is 7.73. The minimum atomic E-state index is 0.340. The van der Waals surface area contributed by atoms with Gasteiger partial charge in [0.1, 0.15) is 0 Å². The maximum Gasteiger partial charge on any atom is 0.185 e. The molecule has 1 aromatic rings. The van der Waals surface area contributed by atoms with Crippen molar-refractivity contribution < 1.29 is 0 Å². The van der Waals surface area contributed by atoms with E-state index >= 15 is 0 Å². The predicted molar refractivity (Wildman–Crippen MR) is 78.3 cm³/mol. The van der Waals surface area contributed by atoms with E-state index in [2.05, 4.69) is 48.1 Å². The first kappa shape index (κ1) is 13.2. The van der Waals surface area contributed by atoms with Crippen molar-refractivity contribution in [3.05, 3.63) is 11.1 Å². The van der Waals surface area contributed by atoms with Gasteiger partial charge in [-0.25, -0.2) is 4.98 Å². The first-order chi connectivity index (χ1) is 8.02. The topological polar surface area (TPSA) is 28.2 Å². The fourth-order valence-electron chi connectivity index (χ4n) is 1.95. The highest BCUT2D eigenvalue weighted by Crippen LogP contribution is 2.33. The van der Waals surface area contributed by atoms with Gasteiger partial charge in [-0.05, 0) is 27.8 Å². The second-order valence-electron chi connectivity index (χ2n) is 5.10. The summed E-state index contributed by atoms with van der Waals surface area (Å²) in [5.74, 6) is 1.20. The number of rotatable bonds is 3. The Balaban J connectivity index is 2.09. The molecule has 5 heteroatoms. The lowest BCUT2D eigenvalue weighted by atomic mass is 10.2. The molecule has 2 rings (SSSR count). The van der Waals surface area contributed by atoms with Crippen LogP contribution in [0.25, 0.3) is 0 Å². The van der Waals surface area contributed by atoms with E-state index in [4.69, 9.17) is 4.98 Å². The summed E-state index contributed by atoms with van der Waals surface area (Å²) in [5, 5.41) is 6.58. The van der Waals surface area contributed by atoms with Gasteiger partial charge in [-0.2, -0.15) is 11.8 Å². The molecule has 0 aliphatic carbocycles. The summed E-state index contributed by atoms with van der Waals surface area (Å²) in [6.45, 7) is 8.99. The van der Waals surface area contributed by atoms with Crippen LogP contribution in [0, 0.1) is 0 Å². The van der Waals surface area contributed by atoms with Gasteiger partial charge in [0.05, 0.1) is 5.69 Å². The van der Waals surface area contributed by atoms with Crippen molar-refractivity contribution in [3.63, 3.8) is 0 Å². The fourth-order valence-corrected chi connectivity index (χ4v) is 4.01. The molecule has 17 heavy (non-hydrogen) atoms. The Bertz CT molecular complexity index is 376. The van der Waals surface area contributed by atoms with Gasteiger partial charge < -0.3 is 10.2 Å². The number of nitrogens with zero attached hydrogens (tertiary/aromatic N) is 2. The van der Waals surface area contributed by atoms with Crippen molar-refractivity contribution in [2.24, 2.45) is 0 Å². The Hall–Kier alpha value is -0.260. The zero-order valence-electron chi connectivity index (χ0n) is 11.0. The molecule has 0 aromatic carbocycles. The molecule has 0 amide bonds. The molecule has 3 nitrogen and oxygen atoms in total. The van der Waals surface area contributed by atoms with Gasteiger partial charge in [0.2, 0.25) is 0 Å². The first-order valence-electron chi connectivity index (χ1n) is 6.03. The molecule has 1 atom stereocenters. The molecule has 1 aromatic heterocycles. The van der Waals surface area contributed by atoms with Crippen LogP contribution in [0.2, 0.25) is 0 Å². The van der Waals surface area contributed by atoms with Crippen LogP contribution in [0.4, 0.5) is 5.13 Å². The van der Waals surface area contributed by atoms with Gasteiger partial charge in [-0.3, -0.25) is 0 Å². The van der Waals surface area contributed by atoms with Gasteiger partial charge in [0.25, 0.3) is 0 Å². The van der Waals surface area contributed by atoms with E-state index in [1.165, 1.54) is 10.9 Å². The number of anilines is 1. The number of hydrogen-bond acceptors (Lipinski definition) is 5. The van der Waals surface area contributed by atoms with Crippen LogP contribution in [0.5, 0.6) is 0 Å². The Morgan fingerprint density at radius 1 is 1.53 bits per heavy atom. The van der Waals surface area contributed by atoms with Crippen LogP contribution in [-0.2, 0) is 0 Å². The van der Waals surface area contributed by atoms with Crippen molar-refractivity contribution in [2.45, 2.75) is 31.6 Å². The van der Waals surface area contributed by atoms with Crippen LogP contribution in [0.1, 0.15) is 32.5 Å². The molecule has 0 bridgehead atoms. The molecule has 0 radical (unpaired) electrons. The van der Waals surface area contributed by atoms with Crippen molar-refractivity contribution in [2.75, 3.05) is 30.8 Å². The Morgan fingerprint density at radius 3 is 2.94 bits per heavy atom. The molecule has 1 N–H and O–H groups in total. The molecule has 1 aliphatic rings. The number of aromatic nitrogens is 1. The van der Waals surface area contributed by atoms with Crippen LogP contribution in [0.3, 0.4) is 0 Å². The average Bonchev–Trinajstić information content (AvgIpc) is 2.76. The summed E-state index contributed by atoms with van der Waals surface area (Å²) < 4.78 is 0.346. The third-order valence-corrected chi connectivity index (χ3v) is 5.30. The molecule has 1 aliphatic heterocycles. The van der Waals surface area contributed by atoms with Gasteiger partial charge >= 0.3 is 0 Å². The summed E-state index contributed by atoms with van der Waals surface area (Å²) in [6.07, 6.45) is 0. The molecular formula is C12H21N3S2. The van der Waals surface area contributed by atoms with E-state index in [1.807, 2.05) is 7.05 Å². The van der Waals surface area contributed by atoms with Crippen LogP contribution in [-0.4, -0.2) is 35.6 Å². The van der Waals surface area contributed by atoms with E-state index in [1.54, 1.807) is 11.3 Å². The third kappa shape index (κ3) is 3.14. The van der Waals surface area contributed by atoms with E-state index in [9.17, 15) is 0 Å². The molecule has 96 valence electrons. The quantitative estimate of drug-likeness (QED) is 0.915. The van der Waals surface area contributed by atoms with E-state index in [0.29, 0.717) is 10.8 Å². The smallest absolute Gasteiger partial charge is 0.185 e. The highest BCUT2D eigenvalue weighted by molar-refractivity contribution is 8.00. The maximum absolute atomic E-state index is 4.74. The molecule has 1 saturated heterocycles. The molecule has 1 fully saturated rings. The SMILES string of the molecule is CNC(C)c1csc(N2CCSC(C)(C)C2)n1. The van der Waals surface area contributed by atoms with E-state index in [-0.39, 0.29) is 0 Å². The van der Waals surface area contributed by atoms with Gasteiger partial charge in [-0.15, -0.1) is 11.3 Å². The summed E-state index contributed by atoms with van der Waals surface area (Å²) in [5.41, 5.74) is 1.16. The van der Waals surface area contributed by atoms with Crippen molar-refractivity contribution >= 4 is 28.2 Å². The van der Waals surface area contributed by atoms with Crippen molar-refractivity contribution in [1.29, 1.82) is 0 Å². The second kappa shape index (κ2) is 5.16. The number of nitrogens with one attached hydrogen (secondary N) is 1. The zero-order chi connectivity index (χ0) is 12.5. The lowest BCUT2D eigenvalue weighted by molar-refractivity contribution is 0.626.